The van der Waals surface area contributed by atoms with Crippen molar-refractivity contribution in [2.75, 3.05) is 7.05 Å². The average molecular weight is 301 g/mol. The van der Waals surface area contributed by atoms with E-state index in [9.17, 15) is 13.2 Å². The Labute approximate surface area is 120 Å². The Hall–Kier alpha value is -1.34. The van der Waals surface area contributed by atoms with Crippen molar-refractivity contribution in [3.05, 3.63) is 18.0 Å². The number of rotatable bonds is 6. The van der Waals surface area contributed by atoms with Gasteiger partial charge >= 0.3 is 0 Å². The largest absolute Gasteiger partial charge is 0.342 e. The number of primary sulfonamides is 1. The monoisotopic (exact) mass is 301 g/mol. The molecule has 0 fully saturated rings. The van der Waals surface area contributed by atoms with Crippen molar-refractivity contribution >= 4 is 15.9 Å². The minimum absolute atomic E-state index is 0.0214. The van der Waals surface area contributed by atoms with E-state index >= 15 is 0 Å². The molecular formula is C13H23N3O3S. The molecule has 0 spiro atoms. The zero-order valence-electron chi connectivity index (χ0n) is 12.5. The maximum atomic E-state index is 12.5. The lowest BCUT2D eigenvalue weighted by molar-refractivity contribution is 0.0729. The molecule has 0 aliphatic carbocycles. The quantitative estimate of drug-likeness (QED) is 0.862. The van der Waals surface area contributed by atoms with Gasteiger partial charge in [0.2, 0.25) is 10.0 Å². The maximum Gasteiger partial charge on any atom is 0.270 e. The Morgan fingerprint density at radius 2 is 2.05 bits per heavy atom. The number of aromatic nitrogens is 1. The van der Waals surface area contributed by atoms with Gasteiger partial charge in [-0.1, -0.05) is 13.8 Å². The molecule has 1 unspecified atom stereocenters. The molecule has 2 N–H and O–H groups in total. The second-order valence-corrected chi connectivity index (χ2v) is 6.53. The average Bonchev–Trinajstić information content (AvgIpc) is 2.80. The highest BCUT2D eigenvalue weighted by Crippen LogP contribution is 2.17. The van der Waals surface area contributed by atoms with E-state index in [1.807, 2.05) is 20.8 Å². The van der Waals surface area contributed by atoms with E-state index in [0.29, 0.717) is 12.2 Å². The molecule has 0 aliphatic heterocycles. The van der Waals surface area contributed by atoms with Crippen LogP contribution in [0.1, 0.15) is 44.1 Å². The lowest BCUT2D eigenvalue weighted by atomic mass is 10.2. The minimum atomic E-state index is -3.80. The highest BCUT2D eigenvalue weighted by molar-refractivity contribution is 7.89. The predicted molar refractivity (Wildman–Crippen MR) is 77.9 cm³/mol. The number of sulfonamides is 1. The maximum absolute atomic E-state index is 12.5. The van der Waals surface area contributed by atoms with Gasteiger partial charge in [-0.3, -0.25) is 4.79 Å². The molecule has 114 valence electrons. The molecule has 0 saturated heterocycles. The Bertz CT molecular complexity index is 578. The zero-order chi connectivity index (χ0) is 15.5. The first-order valence-corrected chi connectivity index (χ1v) is 8.27. The fraction of sp³-hybridized carbons (Fsp3) is 0.615. The number of carbonyl (C=O) groups is 1. The molecule has 1 atom stereocenters. The van der Waals surface area contributed by atoms with E-state index in [2.05, 4.69) is 0 Å². The standard InChI is InChI=1S/C13H23N3O3S/c1-5-7-16-9-11(20(14,18)19)8-12(16)13(17)15(4)10(3)6-2/h8-10H,5-7H2,1-4H3,(H2,14,18,19). The first kappa shape index (κ1) is 16.7. The van der Waals surface area contributed by atoms with E-state index in [1.54, 1.807) is 16.5 Å². The highest BCUT2D eigenvalue weighted by atomic mass is 32.2. The van der Waals surface area contributed by atoms with Crippen molar-refractivity contribution in [3.8, 4) is 0 Å². The molecule has 0 saturated carbocycles. The van der Waals surface area contributed by atoms with Gasteiger partial charge in [0.05, 0.1) is 0 Å². The summed E-state index contributed by atoms with van der Waals surface area (Å²) in [4.78, 5) is 14.0. The van der Waals surface area contributed by atoms with E-state index in [-0.39, 0.29) is 16.8 Å². The second-order valence-electron chi connectivity index (χ2n) is 4.97. The summed E-state index contributed by atoms with van der Waals surface area (Å²) in [7, 11) is -2.08. The number of carbonyl (C=O) groups excluding carboxylic acids is 1. The molecule has 0 radical (unpaired) electrons. The van der Waals surface area contributed by atoms with E-state index in [4.69, 9.17) is 5.14 Å². The van der Waals surface area contributed by atoms with Crippen molar-refractivity contribution in [3.63, 3.8) is 0 Å². The minimum Gasteiger partial charge on any atom is -0.342 e. The molecule has 20 heavy (non-hydrogen) atoms. The summed E-state index contributed by atoms with van der Waals surface area (Å²) in [6.45, 7) is 6.48. The van der Waals surface area contributed by atoms with Gasteiger partial charge in [0, 0.05) is 25.8 Å². The van der Waals surface area contributed by atoms with Crippen molar-refractivity contribution in [1.82, 2.24) is 9.47 Å². The fourth-order valence-electron chi connectivity index (χ4n) is 1.90. The first-order chi connectivity index (χ1) is 9.22. The van der Waals surface area contributed by atoms with Crippen molar-refractivity contribution in [2.45, 2.75) is 51.1 Å². The van der Waals surface area contributed by atoms with E-state index < -0.39 is 10.0 Å². The summed E-state index contributed by atoms with van der Waals surface area (Å²) in [5, 5.41) is 5.13. The molecule has 6 nitrogen and oxygen atoms in total. The summed E-state index contributed by atoms with van der Waals surface area (Å²) in [5.74, 6) is -0.192. The Kier molecular flexibility index (Phi) is 5.35. The van der Waals surface area contributed by atoms with Gasteiger partial charge in [-0.25, -0.2) is 13.6 Å². The van der Waals surface area contributed by atoms with Crippen LogP contribution in [-0.2, 0) is 16.6 Å². The van der Waals surface area contributed by atoms with Crippen LogP contribution < -0.4 is 5.14 Å². The Morgan fingerprint density at radius 1 is 1.45 bits per heavy atom. The van der Waals surface area contributed by atoms with Gasteiger partial charge in [0.1, 0.15) is 10.6 Å². The second kappa shape index (κ2) is 6.41. The van der Waals surface area contributed by atoms with Crippen LogP contribution in [0, 0.1) is 0 Å². The summed E-state index contributed by atoms with van der Waals surface area (Å²) in [6.07, 6.45) is 3.06. The Balaban J connectivity index is 3.22. The van der Waals surface area contributed by atoms with E-state index in [1.165, 1.54) is 12.3 Å². The van der Waals surface area contributed by atoms with Crippen LogP contribution in [0.4, 0.5) is 0 Å². The molecule has 0 bridgehead atoms. The number of hydrogen-bond acceptors (Lipinski definition) is 3. The number of nitrogens with zero attached hydrogens (tertiary/aromatic N) is 2. The van der Waals surface area contributed by atoms with Crippen LogP contribution in [-0.4, -0.2) is 36.9 Å². The van der Waals surface area contributed by atoms with Crippen LogP contribution in [0.15, 0.2) is 17.2 Å². The normalized spacial score (nSPS) is 13.2. The molecule has 1 aromatic heterocycles. The van der Waals surface area contributed by atoms with Gasteiger partial charge in [-0.2, -0.15) is 0 Å². The third-order valence-corrected chi connectivity index (χ3v) is 4.34. The lowest BCUT2D eigenvalue weighted by Crippen LogP contribution is -2.35. The highest BCUT2D eigenvalue weighted by Gasteiger charge is 2.23. The smallest absolute Gasteiger partial charge is 0.270 e. The van der Waals surface area contributed by atoms with Gasteiger partial charge in [0.25, 0.3) is 5.91 Å². The molecule has 1 rings (SSSR count). The van der Waals surface area contributed by atoms with Crippen molar-refractivity contribution in [2.24, 2.45) is 5.14 Å². The van der Waals surface area contributed by atoms with Crippen molar-refractivity contribution in [1.29, 1.82) is 0 Å². The molecule has 0 aromatic carbocycles. The van der Waals surface area contributed by atoms with Gasteiger partial charge in [-0.05, 0) is 25.8 Å². The van der Waals surface area contributed by atoms with E-state index in [0.717, 1.165) is 12.8 Å². The zero-order valence-corrected chi connectivity index (χ0v) is 13.3. The molecule has 1 amide bonds. The summed E-state index contributed by atoms with van der Waals surface area (Å²) >= 11 is 0. The number of aryl methyl sites for hydroxylation is 1. The van der Waals surface area contributed by atoms with Crippen LogP contribution in [0.3, 0.4) is 0 Å². The molecule has 1 heterocycles. The molecule has 7 heteroatoms. The van der Waals surface area contributed by atoms with Gasteiger partial charge in [0.15, 0.2) is 0 Å². The van der Waals surface area contributed by atoms with Crippen molar-refractivity contribution < 1.29 is 13.2 Å². The van der Waals surface area contributed by atoms with Crippen LogP contribution in [0.25, 0.3) is 0 Å². The summed E-state index contributed by atoms with van der Waals surface area (Å²) in [6, 6.07) is 1.44. The third kappa shape index (κ3) is 3.61. The molecular weight excluding hydrogens is 278 g/mol. The van der Waals surface area contributed by atoms with Crippen LogP contribution >= 0.6 is 0 Å². The number of hydrogen-bond donors (Lipinski definition) is 1. The predicted octanol–water partition coefficient (Wildman–Crippen LogP) is 1.42. The number of amides is 1. The SMILES string of the molecule is CCCn1cc(S(N)(=O)=O)cc1C(=O)N(C)C(C)CC. The fourth-order valence-corrected chi connectivity index (χ4v) is 2.45. The van der Waals surface area contributed by atoms with Crippen LogP contribution in [0.5, 0.6) is 0 Å². The molecule has 0 aliphatic rings. The lowest BCUT2D eigenvalue weighted by Gasteiger charge is -2.24. The third-order valence-electron chi connectivity index (χ3n) is 3.46. The Morgan fingerprint density at radius 3 is 2.50 bits per heavy atom. The molecule has 1 aromatic rings. The first-order valence-electron chi connectivity index (χ1n) is 6.72. The summed E-state index contributed by atoms with van der Waals surface area (Å²) < 4.78 is 24.5. The summed E-state index contributed by atoms with van der Waals surface area (Å²) in [5.41, 5.74) is 0.360. The van der Waals surface area contributed by atoms with Gasteiger partial charge in [-0.15, -0.1) is 0 Å². The topological polar surface area (TPSA) is 85.4 Å². The van der Waals surface area contributed by atoms with Gasteiger partial charge < -0.3 is 9.47 Å². The number of nitrogens with two attached hydrogens (primary N) is 1. The van der Waals surface area contributed by atoms with Crippen LogP contribution in [0.2, 0.25) is 0 Å².